The van der Waals surface area contributed by atoms with Gasteiger partial charge in [0.05, 0.1) is 10.6 Å². The van der Waals surface area contributed by atoms with Crippen molar-refractivity contribution in [1.82, 2.24) is 10.2 Å². The van der Waals surface area contributed by atoms with Gasteiger partial charge in [-0.05, 0) is 62.6 Å². The molecule has 0 saturated carbocycles. The first-order chi connectivity index (χ1) is 20.6. The van der Waals surface area contributed by atoms with E-state index in [4.69, 9.17) is 0 Å². The van der Waals surface area contributed by atoms with Crippen LogP contribution in [0.1, 0.15) is 34.7 Å². The Morgan fingerprint density at radius 1 is 0.767 bits per heavy atom. The molecule has 7 nitrogen and oxygen atoms in total. The van der Waals surface area contributed by atoms with Gasteiger partial charge in [0.1, 0.15) is 12.6 Å². The number of anilines is 1. The molecule has 2 amide bonds. The van der Waals surface area contributed by atoms with Crippen molar-refractivity contribution in [3.8, 4) is 0 Å². The smallest absolute Gasteiger partial charge is 0.264 e. The molecule has 1 atom stereocenters. The normalized spacial score (nSPS) is 11.9. The minimum Gasteiger partial charge on any atom is -0.355 e. The summed E-state index contributed by atoms with van der Waals surface area (Å²) in [6.07, 6.45) is 0.277. The Bertz CT molecular complexity index is 1660. The number of nitrogens with one attached hydrogen (secondary N) is 1. The maximum Gasteiger partial charge on any atom is 0.264 e. The van der Waals surface area contributed by atoms with Gasteiger partial charge in [-0.3, -0.25) is 13.9 Å². The highest BCUT2D eigenvalue weighted by molar-refractivity contribution is 7.92. The first-order valence-corrected chi connectivity index (χ1v) is 15.9. The maximum absolute atomic E-state index is 14.5. The average molecular weight is 598 g/mol. The van der Waals surface area contributed by atoms with Crippen LogP contribution in [-0.4, -0.2) is 44.3 Å². The van der Waals surface area contributed by atoms with Crippen LogP contribution in [0.4, 0.5) is 5.69 Å². The molecule has 0 aliphatic heterocycles. The molecule has 0 heterocycles. The summed E-state index contributed by atoms with van der Waals surface area (Å²) in [5, 5.41) is 2.89. The van der Waals surface area contributed by atoms with E-state index in [1.165, 1.54) is 21.3 Å². The Morgan fingerprint density at radius 2 is 1.40 bits per heavy atom. The molecule has 4 aromatic rings. The Labute approximate surface area is 255 Å². The second kappa shape index (κ2) is 14.2. The molecule has 0 fully saturated rings. The summed E-state index contributed by atoms with van der Waals surface area (Å²) in [7, 11) is -4.13. The lowest BCUT2D eigenvalue weighted by molar-refractivity contribution is -0.140. The van der Waals surface area contributed by atoms with E-state index >= 15 is 0 Å². The van der Waals surface area contributed by atoms with Crippen LogP contribution in [0, 0.1) is 20.8 Å². The number of hydrogen-bond donors (Lipinski definition) is 1. The number of aryl methyl sites for hydroxylation is 3. The van der Waals surface area contributed by atoms with Crippen molar-refractivity contribution in [2.45, 2.75) is 51.6 Å². The zero-order chi connectivity index (χ0) is 31.0. The van der Waals surface area contributed by atoms with Crippen LogP contribution in [0.25, 0.3) is 0 Å². The number of rotatable bonds is 12. The molecule has 4 aromatic carbocycles. The second-order valence-corrected chi connectivity index (χ2v) is 12.6. The fraction of sp³-hybridized carbons (Fsp3) is 0.257. The van der Waals surface area contributed by atoms with Gasteiger partial charge in [-0.15, -0.1) is 0 Å². The highest BCUT2D eigenvalue weighted by atomic mass is 32.2. The van der Waals surface area contributed by atoms with Gasteiger partial charge in [0, 0.05) is 19.5 Å². The van der Waals surface area contributed by atoms with Crippen molar-refractivity contribution in [3.05, 3.63) is 131 Å². The van der Waals surface area contributed by atoms with Crippen molar-refractivity contribution in [2.75, 3.05) is 17.4 Å². The third kappa shape index (κ3) is 7.90. The number of sulfonamides is 1. The van der Waals surface area contributed by atoms with Gasteiger partial charge in [0.2, 0.25) is 11.8 Å². The second-order valence-electron chi connectivity index (χ2n) is 10.7. The third-order valence-electron chi connectivity index (χ3n) is 7.29. The van der Waals surface area contributed by atoms with Gasteiger partial charge in [-0.25, -0.2) is 8.42 Å². The lowest BCUT2D eigenvalue weighted by Gasteiger charge is -2.34. The van der Waals surface area contributed by atoms with E-state index in [0.717, 1.165) is 27.8 Å². The van der Waals surface area contributed by atoms with E-state index in [9.17, 15) is 18.0 Å². The van der Waals surface area contributed by atoms with Crippen molar-refractivity contribution in [2.24, 2.45) is 0 Å². The van der Waals surface area contributed by atoms with Gasteiger partial charge in [-0.1, -0.05) is 96.1 Å². The largest absolute Gasteiger partial charge is 0.355 e. The predicted molar refractivity (Wildman–Crippen MR) is 171 cm³/mol. The standard InChI is InChI=1S/C35H39N3O4S/c1-5-36-35(40)33(23-29-14-8-6-9-15-29)37(24-30-16-12-13-26(2)22-30)34(39)25-38(32-20-19-27(3)21-28(32)4)43(41,42)31-17-10-7-11-18-31/h6-22,33H,5,23-25H2,1-4H3,(H,36,40)/t33-/m1/s1. The fourth-order valence-electron chi connectivity index (χ4n) is 5.17. The van der Waals surface area contributed by atoms with E-state index < -0.39 is 28.5 Å². The Hall–Kier alpha value is -4.43. The monoisotopic (exact) mass is 597 g/mol. The number of amides is 2. The highest BCUT2D eigenvalue weighted by Crippen LogP contribution is 2.28. The number of carbonyl (C=O) groups excluding carboxylic acids is 2. The van der Waals surface area contributed by atoms with Gasteiger partial charge < -0.3 is 10.2 Å². The van der Waals surface area contributed by atoms with Gasteiger partial charge in [0.25, 0.3) is 10.0 Å². The molecule has 0 bridgehead atoms. The molecular formula is C35H39N3O4S. The summed E-state index contributed by atoms with van der Waals surface area (Å²) >= 11 is 0. The minimum atomic E-state index is -4.13. The van der Waals surface area contributed by atoms with E-state index in [1.54, 1.807) is 24.3 Å². The Balaban J connectivity index is 1.81. The molecule has 0 saturated heterocycles. The lowest BCUT2D eigenvalue weighted by atomic mass is 10.0. The van der Waals surface area contributed by atoms with E-state index in [1.807, 2.05) is 94.4 Å². The minimum absolute atomic E-state index is 0.0811. The lowest BCUT2D eigenvalue weighted by Crippen LogP contribution is -2.53. The number of likely N-dealkylation sites (N-methyl/N-ethyl adjacent to an activating group) is 1. The molecule has 0 aliphatic carbocycles. The van der Waals surface area contributed by atoms with Crippen molar-refractivity contribution < 1.29 is 18.0 Å². The van der Waals surface area contributed by atoms with Crippen LogP contribution in [0.2, 0.25) is 0 Å². The molecule has 8 heteroatoms. The highest BCUT2D eigenvalue weighted by Gasteiger charge is 2.34. The number of nitrogens with zero attached hydrogens (tertiary/aromatic N) is 2. The summed E-state index contributed by atoms with van der Waals surface area (Å²) in [6, 6.07) is 30.0. The number of hydrogen-bond acceptors (Lipinski definition) is 4. The number of carbonyl (C=O) groups is 2. The first kappa shape index (κ1) is 31.5. The van der Waals surface area contributed by atoms with Crippen LogP contribution in [-0.2, 0) is 32.6 Å². The van der Waals surface area contributed by atoms with Crippen LogP contribution in [0.5, 0.6) is 0 Å². The summed E-state index contributed by atoms with van der Waals surface area (Å²) in [5.74, 6) is -0.774. The van der Waals surface area contributed by atoms with Gasteiger partial charge >= 0.3 is 0 Å². The summed E-state index contributed by atoms with van der Waals surface area (Å²) in [4.78, 5) is 29.6. The predicted octanol–water partition coefficient (Wildman–Crippen LogP) is 5.58. The topological polar surface area (TPSA) is 86.8 Å². The molecule has 224 valence electrons. The Kier molecular flexibility index (Phi) is 10.4. The molecule has 4 rings (SSSR count). The van der Waals surface area contributed by atoms with Crippen LogP contribution < -0.4 is 9.62 Å². The zero-order valence-electron chi connectivity index (χ0n) is 25.2. The molecule has 0 radical (unpaired) electrons. The number of benzene rings is 4. The first-order valence-electron chi connectivity index (χ1n) is 14.4. The maximum atomic E-state index is 14.5. The summed E-state index contributed by atoms with van der Waals surface area (Å²) in [5.41, 5.74) is 4.87. The molecule has 0 aromatic heterocycles. The average Bonchev–Trinajstić information content (AvgIpc) is 2.99. The summed E-state index contributed by atoms with van der Waals surface area (Å²) in [6.45, 7) is 7.63. The Morgan fingerprint density at radius 3 is 2.02 bits per heavy atom. The molecule has 0 spiro atoms. The van der Waals surface area contributed by atoms with Gasteiger partial charge in [0.15, 0.2) is 0 Å². The fourth-order valence-corrected chi connectivity index (χ4v) is 6.67. The van der Waals surface area contributed by atoms with Crippen molar-refractivity contribution in [3.63, 3.8) is 0 Å². The molecule has 43 heavy (non-hydrogen) atoms. The molecule has 1 N–H and O–H groups in total. The van der Waals surface area contributed by atoms with Crippen LogP contribution in [0.15, 0.2) is 108 Å². The van der Waals surface area contributed by atoms with E-state index in [0.29, 0.717) is 12.2 Å². The van der Waals surface area contributed by atoms with E-state index in [2.05, 4.69) is 5.32 Å². The SMILES string of the molecule is CCNC(=O)[C@@H](Cc1ccccc1)N(Cc1cccc(C)c1)C(=O)CN(c1ccc(C)cc1C)S(=O)(=O)c1ccccc1. The van der Waals surface area contributed by atoms with E-state index in [-0.39, 0.29) is 23.8 Å². The van der Waals surface area contributed by atoms with Crippen LogP contribution >= 0.6 is 0 Å². The molecule has 0 aliphatic rings. The quantitative estimate of drug-likeness (QED) is 0.231. The van der Waals surface area contributed by atoms with Gasteiger partial charge in [-0.2, -0.15) is 0 Å². The molecular weight excluding hydrogens is 558 g/mol. The van der Waals surface area contributed by atoms with Crippen LogP contribution in [0.3, 0.4) is 0 Å². The molecule has 0 unspecified atom stereocenters. The summed E-state index contributed by atoms with van der Waals surface area (Å²) < 4.78 is 29.4. The van der Waals surface area contributed by atoms with Crippen molar-refractivity contribution in [1.29, 1.82) is 0 Å². The zero-order valence-corrected chi connectivity index (χ0v) is 26.0. The van der Waals surface area contributed by atoms with Crippen molar-refractivity contribution >= 4 is 27.5 Å². The third-order valence-corrected chi connectivity index (χ3v) is 9.06.